The van der Waals surface area contributed by atoms with Gasteiger partial charge in [0.25, 0.3) is 5.91 Å². The number of hydrogen-bond donors (Lipinski definition) is 2. The maximum absolute atomic E-state index is 12.5. The molecule has 1 aliphatic rings. The van der Waals surface area contributed by atoms with Crippen LogP contribution in [0.2, 0.25) is 0 Å². The van der Waals surface area contributed by atoms with Crippen LogP contribution in [-0.4, -0.2) is 21.0 Å². The number of aromatic nitrogens is 2. The summed E-state index contributed by atoms with van der Waals surface area (Å²) in [6, 6.07) is 6.78. The lowest BCUT2D eigenvalue weighted by atomic mass is 9.93. The van der Waals surface area contributed by atoms with E-state index in [9.17, 15) is 4.79 Å². The fraction of sp³-hybridized carbons (Fsp3) is 0.158. The summed E-state index contributed by atoms with van der Waals surface area (Å²) < 4.78 is 0.115. The third-order valence-electron chi connectivity index (χ3n) is 4.01. The predicted octanol–water partition coefficient (Wildman–Crippen LogP) is 4.69. The van der Waals surface area contributed by atoms with Crippen LogP contribution in [0.15, 0.2) is 57.6 Å². The molecule has 0 bridgehead atoms. The molecular formula is C19H17Cl2N5OS. The molecule has 1 aliphatic heterocycles. The Balaban J connectivity index is 1.79. The standard InChI is InChI=1S/C19H17Cl2N5OS/c1-11-9-19(2,26-18(22)28-11)15-8-13(5-6-23-15)25-17(27)14-4-3-12(10-24-14)7-16(20)21/h3-8,10H,1,9H2,2H3,(H2,22,26)(H,23,25,27)/t19-/m0/s1. The molecular weight excluding hydrogens is 417 g/mol. The smallest absolute Gasteiger partial charge is 0.274 e. The summed E-state index contributed by atoms with van der Waals surface area (Å²) in [7, 11) is 0. The van der Waals surface area contributed by atoms with E-state index in [2.05, 4.69) is 26.9 Å². The first-order valence-electron chi connectivity index (χ1n) is 8.23. The van der Waals surface area contributed by atoms with Gasteiger partial charge in [-0.1, -0.05) is 47.6 Å². The summed E-state index contributed by atoms with van der Waals surface area (Å²) in [6.07, 6.45) is 5.29. The summed E-state index contributed by atoms with van der Waals surface area (Å²) >= 11 is 12.6. The maximum atomic E-state index is 12.5. The third-order valence-corrected chi connectivity index (χ3v) is 4.96. The van der Waals surface area contributed by atoms with E-state index in [0.29, 0.717) is 28.5 Å². The Hall–Kier alpha value is -2.35. The summed E-state index contributed by atoms with van der Waals surface area (Å²) in [5.74, 6) is -0.346. The van der Waals surface area contributed by atoms with E-state index >= 15 is 0 Å². The van der Waals surface area contributed by atoms with Crippen molar-refractivity contribution in [1.29, 1.82) is 0 Å². The van der Waals surface area contributed by atoms with Crippen LogP contribution in [0.3, 0.4) is 0 Å². The molecule has 0 fully saturated rings. The first-order chi connectivity index (χ1) is 13.2. The van der Waals surface area contributed by atoms with Crippen LogP contribution >= 0.6 is 35.0 Å². The molecule has 0 unspecified atom stereocenters. The summed E-state index contributed by atoms with van der Waals surface area (Å²) in [5.41, 5.74) is 7.51. The number of thioether (sulfide) groups is 1. The number of amides is 1. The Kier molecular flexibility index (Phi) is 6.07. The van der Waals surface area contributed by atoms with Crippen molar-refractivity contribution >= 4 is 57.8 Å². The van der Waals surface area contributed by atoms with Gasteiger partial charge in [-0.15, -0.1) is 0 Å². The van der Waals surface area contributed by atoms with Gasteiger partial charge in [-0.25, -0.2) is 4.99 Å². The summed E-state index contributed by atoms with van der Waals surface area (Å²) in [5, 5.41) is 3.27. The van der Waals surface area contributed by atoms with Crippen molar-refractivity contribution in [2.24, 2.45) is 10.7 Å². The van der Waals surface area contributed by atoms with Crippen molar-refractivity contribution < 1.29 is 4.79 Å². The largest absolute Gasteiger partial charge is 0.378 e. The molecule has 28 heavy (non-hydrogen) atoms. The molecule has 6 nitrogen and oxygen atoms in total. The second kappa shape index (κ2) is 8.34. The molecule has 0 saturated carbocycles. The van der Waals surface area contributed by atoms with Crippen molar-refractivity contribution in [1.82, 2.24) is 9.97 Å². The minimum atomic E-state index is -0.625. The lowest BCUT2D eigenvalue weighted by molar-refractivity contribution is 0.102. The first-order valence-corrected chi connectivity index (χ1v) is 9.80. The minimum absolute atomic E-state index is 0.115. The number of nitrogens with two attached hydrogens (primary N) is 1. The molecule has 0 spiro atoms. The Bertz CT molecular complexity index is 986. The molecule has 2 aromatic heterocycles. The average Bonchev–Trinajstić information content (AvgIpc) is 2.61. The molecule has 1 atom stereocenters. The maximum Gasteiger partial charge on any atom is 0.274 e. The average molecular weight is 434 g/mol. The van der Waals surface area contributed by atoms with Gasteiger partial charge in [0.05, 0.1) is 5.69 Å². The lowest BCUT2D eigenvalue weighted by Crippen LogP contribution is -2.28. The van der Waals surface area contributed by atoms with Gasteiger partial charge in [0, 0.05) is 24.5 Å². The lowest BCUT2D eigenvalue weighted by Gasteiger charge is -2.30. The highest BCUT2D eigenvalue weighted by Crippen LogP contribution is 2.39. The van der Waals surface area contributed by atoms with Crippen molar-refractivity contribution in [3.8, 4) is 0 Å². The van der Waals surface area contributed by atoms with Gasteiger partial charge in [-0.05, 0) is 41.7 Å². The highest BCUT2D eigenvalue weighted by atomic mass is 35.5. The molecule has 1 amide bonds. The molecule has 0 radical (unpaired) electrons. The Morgan fingerprint density at radius 3 is 2.79 bits per heavy atom. The Morgan fingerprint density at radius 1 is 1.36 bits per heavy atom. The van der Waals surface area contributed by atoms with Gasteiger partial charge in [0.1, 0.15) is 15.7 Å². The molecule has 0 aliphatic carbocycles. The van der Waals surface area contributed by atoms with Gasteiger partial charge in [0.15, 0.2) is 5.17 Å². The van der Waals surface area contributed by atoms with E-state index < -0.39 is 5.54 Å². The van der Waals surface area contributed by atoms with Gasteiger partial charge >= 0.3 is 0 Å². The molecule has 3 heterocycles. The van der Waals surface area contributed by atoms with Crippen LogP contribution < -0.4 is 11.1 Å². The monoisotopic (exact) mass is 433 g/mol. The molecule has 2 aromatic rings. The zero-order chi connectivity index (χ0) is 20.3. The third kappa shape index (κ3) is 4.92. The van der Waals surface area contributed by atoms with Gasteiger partial charge in [0.2, 0.25) is 0 Å². The number of hydrogen-bond acceptors (Lipinski definition) is 6. The van der Waals surface area contributed by atoms with Crippen LogP contribution in [0, 0.1) is 0 Å². The molecule has 9 heteroatoms. The van der Waals surface area contributed by atoms with Crippen LogP contribution in [0.4, 0.5) is 5.69 Å². The Labute approximate surface area is 177 Å². The zero-order valence-electron chi connectivity index (χ0n) is 14.9. The van der Waals surface area contributed by atoms with Gasteiger partial charge < -0.3 is 11.1 Å². The van der Waals surface area contributed by atoms with Crippen LogP contribution in [0.25, 0.3) is 6.08 Å². The van der Waals surface area contributed by atoms with Crippen molar-refractivity contribution in [2.75, 3.05) is 5.32 Å². The first kappa shape index (κ1) is 20.4. The van der Waals surface area contributed by atoms with E-state index in [-0.39, 0.29) is 16.1 Å². The normalized spacial score (nSPS) is 19.0. The van der Waals surface area contributed by atoms with Crippen molar-refractivity contribution in [3.05, 3.63) is 69.6 Å². The number of anilines is 1. The van der Waals surface area contributed by atoms with Gasteiger partial charge in [-0.2, -0.15) is 0 Å². The highest BCUT2D eigenvalue weighted by Gasteiger charge is 2.33. The topological polar surface area (TPSA) is 93.3 Å². The second-order valence-electron chi connectivity index (χ2n) is 6.34. The summed E-state index contributed by atoms with van der Waals surface area (Å²) in [4.78, 5) is 26.5. The number of amidine groups is 1. The number of nitrogens with one attached hydrogen (secondary N) is 1. The molecule has 0 saturated heterocycles. The number of carbonyl (C=O) groups is 1. The van der Waals surface area contributed by atoms with Crippen LogP contribution in [0.5, 0.6) is 0 Å². The van der Waals surface area contributed by atoms with E-state index in [1.165, 1.54) is 24.0 Å². The summed E-state index contributed by atoms with van der Waals surface area (Å²) in [6.45, 7) is 5.94. The molecule has 144 valence electrons. The molecule has 0 aromatic carbocycles. The quantitative estimate of drug-likeness (QED) is 0.729. The Morgan fingerprint density at radius 2 is 2.14 bits per heavy atom. The van der Waals surface area contributed by atoms with E-state index in [1.54, 1.807) is 30.5 Å². The number of pyridine rings is 2. The number of rotatable bonds is 4. The number of aliphatic imine (C=N–C) groups is 1. The van der Waals surface area contributed by atoms with Gasteiger partial charge in [-0.3, -0.25) is 14.8 Å². The molecule has 3 N–H and O–H groups in total. The van der Waals surface area contributed by atoms with Crippen LogP contribution in [-0.2, 0) is 5.54 Å². The zero-order valence-corrected chi connectivity index (χ0v) is 17.3. The fourth-order valence-corrected chi connectivity index (χ4v) is 3.92. The fourth-order valence-electron chi connectivity index (χ4n) is 2.77. The number of halogens is 2. The SMILES string of the molecule is C=C1C[C@@](C)(c2cc(NC(=O)c3ccc(C=C(Cl)Cl)cn3)ccn2)N=C(N)S1. The van der Waals surface area contributed by atoms with Crippen molar-refractivity contribution in [2.45, 2.75) is 18.9 Å². The van der Waals surface area contributed by atoms with E-state index in [1.807, 2.05) is 6.92 Å². The number of carbonyl (C=O) groups excluding carboxylic acids is 1. The predicted molar refractivity (Wildman–Crippen MR) is 116 cm³/mol. The van der Waals surface area contributed by atoms with Crippen LogP contribution in [0.1, 0.15) is 35.1 Å². The van der Waals surface area contributed by atoms with Crippen molar-refractivity contribution in [3.63, 3.8) is 0 Å². The second-order valence-corrected chi connectivity index (χ2v) is 8.54. The minimum Gasteiger partial charge on any atom is -0.378 e. The van der Waals surface area contributed by atoms with E-state index in [4.69, 9.17) is 28.9 Å². The molecule has 3 rings (SSSR count). The number of nitrogens with zero attached hydrogens (tertiary/aromatic N) is 3. The highest BCUT2D eigenvalue weighted by molar-refractivity contribution is 8.17. The van der Waals surface area contributed by atoms with E-state index in [0.717, 1.165) is 4.91 Å².